The Hall–Kier alpha value is -2.37. The number of aromatic nitrogens is 2. The summed E-state index contributed by atoms with van der Waals surface area (Å²) in [4.78, 5) is 38.2. The molecule has 0 atom stereocenters. The Morgan fingerprint density at radius 2 is 2.00 bits per heavy atom. The molecular weight excluding hydrogens is 212 g/mol. The molecule has 0 unspecified atom stereocenters. The normalized spacial score (nSPS) is 10.3. The third kappa shape index (κ3) is 1.60. The number of rotatable bonds is 1. The van der Waals surface area contributed by atoms with Gasteiger partial charge < -0.3 is 9.72 Å². The zero-order chi connectivity index (χ0) is 11.7. The first-order valence-corrected chi connectivity index (χ1v) is 4.46. The number of ether oxygens (including phenoxy) is 1. The van der Waals surface area contributed by atoms with Crippen LogP contribution in [0.4, 0.5) is 0 Å². The second-order valence-corrected chi connectivity index (χ2v) is 3.16. The number of carbonyl (C=O) groups is 1. The second kappa shape index (κ2) is 3.65. The minimum absolute atomic E-state index is 0.238. The van der Waals surface area contributed by atoms with Crippen molar-refractivity contribution in [2.24, 2.45) is 0 Å². The van der Waals surface area contributed by atoms with Crippen LogP contribution < -0.4 is 11.2 Å². The first-order chi connectivity index (χ1) is 7.61. The first kappa shape index (κ1) is 10.2. The number of fused-ring (bicyclic) bond motifs is 1. The molecule has 2 N–H and O–H groups in total. The van der Waals surface area contributed by atoms with Gasteiger partial charge in [0, 0.05) is 0 Å². The summed E-state index contributed by atoms with van der Waals surface area (Å²) in [6.07, 6.45) is 0. The summed E-state index contributed by atoms with van der Waals surface area (Å²) in [5.74, 6) is -0.535. The molecule has 0 aliphatic heterocycles. The largest absolute Gasteiger partial charge is 0.465 e. The SMILES string of the molecule is COC(=O)c1ccc2[nH]c(=O)[nH]c(=O)c2c1. The lowest BCUT2D eigenvalue weighted by atomic mass is 10.1. The highest BCUT2D eigenvalue weighted by Gasteiger charge is 2.08. The minimum atomic E-state index is -0.580. The van der Waals surface area contributed by atoms with E-state index in [4.69, 9.17) is 0 Å². The summed E-state index contributed by atoms with van der Waals surface area (Å²) in [5.41, 5.74) is -0.484. The molecule has 2 rings (SSSR count). The molecule has 0 amide bonds. The molecule has 0 spiro atoms. The standard InChI is InChI=1S/C10H8N2O4/c1-16-9(14)5-2-3-7-6(4-5)8(13)12-10(15)11-7/h2-4H,1H3,(H2,11,12,13,15). The van der Waals surface area contributed by atoms with E-state index < -0.39 is 17.2 Å². The van der Waals surface area contributed by atoms with E-state index in [9.17, 15) is 14.4 Å². The van der Waals surface area contributed by atoms with Crippen molar-refractivity contribution in [2.45, 2.75) is 0 Å². The zero-order valence-corrected chi connectivity index (χ0v) is 8.37. The van der Waals surface area contributed by atoms with Gasteiger partial charge in [0.2, 0.25) is 0 Å². The fourth-order valence-electron chi connectivity index (χ4n) is 1.41. The van der Waals surface area contributed by atoms with Gasteiger partial charge in [-0.05, 0) is 18.2 Å². The predicted molar refractivity (Wildman–Crippen MR) is 56.5 cm³/mol. The van der Waals surface area contributed by atoms with Gasteiger partial charge in [-0.3, -0.25) is 9.78 Å². The van der Waals surface area contributed by atoms with E-state index in [1.807, 2.05) is 0 Å². The second-order valence-electron chi connectivity index (χ2n) is 3.16. The van der Waals surface area contributed by atoms with Crippen molar-refractivity contribution in [2.75, 3.05) is 7.11 Å². The summed E-state index contributed by atoms with van der Waals surface area (Å²) < 4.78 is 4.53. The Morgan fingerprint density at radius 3 is 2.69 bits per heavy atom. The lowest BCUT2D eigenvalue weighted by molar-refractivity contribution is 0.0601. The van der Waals surface area contributed by atoms with Crippen LogP contribution in [-0.2, 0) is 4.74 Å². The molecule has 0 aliphatic rings. The highest BCUT2D eigenvalue weighted by atomic mass is 16.5. The average Bonchev–Trinajstić information content (AvgIpc) is 2.27. The smallest absolute Gasteiger partial charge is 0.337 e. The number of H-pyrrole nitrogens is 2. The Labute approximate surface area is 88.9 Å². The van der Waals surface area contributed by atoms with Crippen LogP contribution in [0.15, 0.2) is 27.8 Å². The molecule has 1 aromatic carbocycles. The van der Waals surface area contributed by atoms with E-state index in [0.29, 0.717) is 5.52 Å². The lowest BCUT2D eigenvalue weighted by Crippen LogP contribution is -2.22. The van der Waals surface area contributed by atoms with Crippen molar-refractivity contribution in [3.8, 4) is 0 Å². The molecule has 1 aromatic heterocycles. The molecular formula is C10H8N2O4. The van der Waals surface area contributed by atoms with Crippen molar-refractivity contribution < 1.29 is 9.53 Å². The maximum atomic E-state index is 11.4. The van der Waals surface area contributed by atoms with Gasteiger partial charge in [-0.1, -0.05) is 0 Å². The molecule has 2 aromatic rings. The molecule has 16 heavy (non-hydrogen) atoms. The molecule has 0 fully saturated rings. The predicted octanol–water partition coefficient (Wildman–Crippen LogP) is 0.00300. The van der Waals surface area contributed by atoms with E-state index >= 15 is 0 Å². The molecule has 1 heterocycles. The van der Waals surface area contributed by atoms with Crippen LogP contribution in [0.5, 0.6) is 0 Å². The van der Waals surface area contributed by atoms with Gasteiger partial charge in [0.1, 0.15) is 0 Å². The molecule has 0 saturated carbocycles. The van der Waals surface area contributed by atoms with Crippen molar-refractivity contribution in [1.82, 2.24) is 9.97 Å². The van der Waals surface area contributed by atoms with Gasteiger partial charge in [-0.15, -0.1) is 0 Å². The number of hydrogen-bond acceptors (Lipinski definition) is 4. The van der Waals surface area contributed by atoms with E-state index in [2.05, 4.69) is 14.7 Å². The molecule has 0 aliphatic carbocycles. The average molecular weight is 220 g/mol. The summed E-state index contributed by atoms with van der Waals surface area (Å²) >= 11 is 0. The molecule has 82 valence electrons. The fraction of sp³-hybridized carbons (Fsp3) is 0.100. The molecule has 0 bridgehead atoms. The van der Waals surface area contributed by atoms with Gasteiger partial charge in [0.05, 0.1) is 23.6 Å². The van der Waals surface area contributed by atoms with Crippen molar-refractivity contribution in [3.63, 3.8) is 0 Å². The Bertz CT molecular complexity index is 668. The Morgan fingerprint density at radius 1 is 1.25 bits per heavy atom. The van der Waals surface area contributed by atoms with Crippen LogP contribution in [0, 0.1) is 0 Å². The van der Waals surface area contributed by atoms with Gasteiger partial charge in [-0.25, -0.2) is 9.59 Å². The van der Waals surface area contributed by atoms with Crippen LogP contribution in [0.1, 0.15) is 10.4 Å². The number of aromatic amines is 2. The quantitative estimate of drug-likeness (QED) is 0.662. The number of nitrogens with one attached hydrogen (secondary N) is 2. The zero-order valence-electron chi connectivity index (χ0n) is 8.37. The van der Waals surface area contributed by atoms with Gasteiger partial charge in [0.25, 0.3) is 5.56 Å². The number of methoxy groups -OCH3 is 1. The van der Waals surface area contributed by atoms with Gasteiger partial charge in [0.15, 0.2) is 0 Å². The van der Waals surface area contributed by atoms with Crippen molar-refractivity contribution in [3.05, 3.63) is 44.6 Å². The highest BCUT2D eigenvalue weighted by Crippen LogP contribution is 2.09. The van der Waals surface area contributed by atoms with Crippen LogP contribution >= 0.6 is 0 Å². The van der Waals surface area contributed by atoms with Crippen LogP contribution in [-0.4, -0.2) is 23.0 Å². The monoisotopic (exact) mass is 220 g/mol. The summed E-state index contributed by atoms with van der Waals surface area (Å²) in [7, 11) is 1.25. The number of benzene rings is 1. The lowest BCUT2D eigenvalue weighted by Gasteiger charge is -2.00. The third-order valence-corrected chi connectivity index (χ3v) is 2.16. The summed E-state index contributed by atoms with van der Waals surface area (Å²) in [5, 5.41) is 0.238. The van der Waals surface area contributed by atoms with Crippen molar-refractivity contribution >= 4 is 16.9 Å². The van der Waals surface area contributed by atoms with E-state index in [0.717, 1.165) is 0 Å². The van der Waals surface area contributed by atoms with Crippen LogP contribution in [0.2, 0.25) is 0 Å². The number of esters is 1. The van der Waals surface area contributed by atoms with E-state index in [1.165, 1.54) is 25.3 Å². The fourth-order valence-corrected chi connectivity index (χ4v) is 1.41. The van der Waals surface area contributed by atoms with Gasteiger partial charge in [-0.2, -0.15) is 0 Å². The number of carbonyl (C=O) groups excluding carboxylic acids is 1. The maximum absolute atomic E-state index is 11.4. The maximum Gasteiger partial charge on any atom is 0.337 e. The van der Waals surface area contributed by atoms with Gasteiger partial charge >= 0.3 is 11.7 Å². The molecule has 0 saturated heterocycles. The highest BCUT2D eigenvalue weighted by molar-refractivity contribution is 5.94. The Balaban J connectivity index is 2.76. The topological polar surface area (TPSA) is 92.0 Å². The third-order valence-electron chi connectivity index (χ3n) is 2.16. The van der Waals surface area contributed by atoms with Crippen molar-refractivity contribution in [1.29, 1.82) is 0 Å². The molecule has 6 heteroatoms. The first-order valence-electron chi connectivity index (χ1n) is 4.46. The van der Waals surface area contributed by atoms with Crippen LogP contribution in [0.3, 0.4) is 0 Å². The Kier molecular flexibility index (Phi) is 2.32. The number of hydrogen-bond donors (Lipinski definition) is 2. The molecule has 6 nitrogen and oxygen atoms in total. The van der Waals surface area contributed by atoms with E-state index in [-0.39, 0.29) is 10.9 Å². The minimum Gasteiger partial charge on any atom is -0.465 e. The summed E-state index contributed by atoms with van der Waals surface area (Å²) in [6.45, 7) is 0. The van der Waals surface area contributed by atoms with Crippen LogP contribution in [0.25, 0.3) is 10.9 Å². The van der Waals surface area contributed by atoms with E-state index in [1.54, 1.807) is 0 Å². The molecule has 0 radical (unpaired) electrons. The summed E-state index contributed by atoms with van der Waals surface area (Å²) in [6, 6.07) is 4.33.